The Bertz CT molecular complexity index is 165. The summed E-state index contributed by atoms with van der Waals surface area (Å²) in [6.07, 6.45) is -4.13. The fourth-order valence-electron chi connectivity index (χ4n) is 0.944. The Morgan fingerprint density at radius 2 is 2.08 bits per heavy atom. The first-order valence-electron chi connectivity index (χ1n) is 4.02. The SMILES string of the molecule is C=C(C)CCC(CC(F)(F)F)NN. The van der Waals surface area contributed by atoms with Crippen LogP contribution < -0.4 is 11.3 Å². The molecule has 1 atom stereocenters. The van der Waals surface area contributed by atoms with Crippen molar-refractivity contribution in [3.63, 3.8) is 0 Å². The predicted octanol–water partition coefficient (Wildman–Crippen LogP) is 2.13. The fraction of sp³-hybridized carbons (Fsp3) is 0.750. The van der Waals surface area contributed by atoms with Gasteiger partial charge in [0.25, 0.3) is 0 Å². The van der Waals surface area contributed by atoms with Gasteiger partial charge in [-0.05, 0) is 19.8 Å². The molecule has 0 aromatic carbocycles. The predicted molar refractivity (Wildman–Crippen MR) is 45.8 cm³/mol. The maximum absolute atomic E-state index is 11.9. The highest BCUT2D eigenvalue weighted by Gasteiger charge is 2.31. The third kappa shape index (κ3) is 7.80. The van der Waals surface area contributed by atoms with E-state index in [1.165, 1.54) is 0 Å². The van der Waals surface area contributed by atoms with Crippen LogP contribution in [0.4, 0.5) is 13.2 Å². The van der Waals surface area contributed by atoms with E-state index in [-0.39, 0.29) is 0 Å². The molecular weight excluding hydrogens is 181 g/mol. The van der Waals surface area contributed by atoms with Crippen molar-refractivity contribution < 1.29 is 13.2 Å². The third-order valence-electron chi connectivity index (χ3n) is 1.63. The minimum Gasteiger partial charge on any atom is -0.271 e. The fourth-order valence-corrected chi connectivity index (χ4v) is 0.944. The van der Waals surface area contributed by atoms with E-state index in [1.807, 2.05) is 0 Å². The summed E-state index contributed by atoms with van der Waals surface area (Å²) in [5.41, 5.74) is 3.02. The van der Waals surface area contributed by atoms with Crippen LogP contribution >= 0.6 is 0 Å². The summed E-state index contributed by atoms with van der Waals surface area (Å²) in [7, 11) is 0. The molecule has 78 valence electrons. The van der Waals surface area contributed by atoms with Gasteiger partial charge in [-0.15, -0.1) is 6.58 Å². The van der Waals surface area contributed by atoms with Crippen molar-refractivity contribution >= 4 is 0 Å². The third-order valence-corrected chi connectivity index (χ3v) is 1.63. The second kappa shape index (κ2) is 5.24. The average molecular weight is 196 g/mol. The number of hydrogen-bond donors (Lipinski definition) is 2. The van der Waals surface area contributed by atoms with Gasteiger partial charge < -0.3 is 0 Å². The molecule has 0 spiro atoms. The number of alkyl halides is 3. The first kappa shape index (κ1) is 12.4. The molecule has 0 fully saturated rings. The van der Waals surface area contributed by atoms with Gasteiger partial charge in [0, 0.05) is 6.04 Å². The number of nitrogens with one attached hydrogen (secondary N) is 1. The number of rotatable bonds is 5. The lowest BCUT2D eigenvalue weighted by Gasteiger charge is -2.17. The Hall–Kier alpha value is -0.550. The van der Waals surface area contributed by atoms with E-state index in [1.54, 1.807) is 6.92 Å². The van der Waals surface area contributed by atoms with Crippen LogP contribution in [0.2, 0.25) is 0 Å². The maximum atomic E-state index is 11.9. The van der Waals surface area contributed by atoms with E-state index in [4.69, 9.17) is 5.84 Å². The molecule has 0 aromatic rings. The van der Waals surface area contributed by atoms with Gasteiger partial charge in [0.05, 0.1) is 6.42 Å². The number of hydrazine groups is 1. The Balaban J connectivity index is 3.83. The molecule has 0 aromatic heterocycles. The van der Waals surface area contributed by atoms with Gasteiger partial charge >= 0.3 is 6.18 Å². The normalized spacial score (nSPS) is 14.2. The first-order valence-corrected chi connectivity index (χ1v) is 4.02. The van der Waals surface area contributed by atoms with Gasteiger partial charge in [0.1, 0.15) is 0 Å². The van der Waals surface area contributed by atoms with Gasteiger partial charge in [-0.1, -0.05) is 5.57 Å². The standard InChI is InChI=1S/C8H15F3N2/c1-6(2)3-4-7(13-12)5-8(9,10)11/h7,13H,1,3-5,12H2,2H3. The molecule has 0 amide bonds. The summed E-state index contributed by atoms with van der Waals surface area (Å²) >= 11 is 0. The minimum absolute atomic E-state index is 0.366. The summed E-state index contributed by atoms with van der Waals surface area (Å²) in [5.74, 6) is 4.99. The molecule has 0 radical (unpaired) electrons. The van der Waals surface area contributed by atoms with Gasteiger partial charge in [0.2, 0.25) is 0 Å². The van der Waals surface area contributed by atoms with Crippen LogP contribution in [0.1, 0.15) is 26.2 Å². The molecule has 13 heavy (non-hydrogen) atoms. The van der Waals surface area contributed by atoms with Crippen molar-refractivity contribution in [2.75, 3.05) is 0 Å². The second-order valence-electron chi connectivity index (χ2n) is 3.18. The summed E-state index contributed by atoms with van der Waals surface area (Å²) < 4.78 is 35.7. The minimum atomic E-state index is -4.16. The summed E-state index contributed by atoms with van der Waals surface area (Å²) in [4.78, 5) is 0. The smallest absolute Gasteiger partial charge is 0.271 e. The van der Waals surface area contributed by atoms with Gasteiger partial charge in [0.15, 0.2) is 0 Å². The molecule has 0 aliphatic heterocycles. The summed E-state index contributed by atoms with van der Waals surface area (Å²) in [5, 5.41) is 0. The average Bonchev–Trinajstić information content (AvgIpc) is 1.95. The van der Waals surface area contributed by atoms with Crippen LogP contribution in [0.15, 0.2) is 12.2 Å². The van der Waals surface area contributed by atoms with Crippen molar-refractivity contribution in [3.8, 4) is 0 Å². The van der Waals surface area contributed by atoms with Crippen molar-refractivity contribution in [2.45, 2.75) is 38.4 Å². The molecule has 0 heterocycles. The Morgan fingerprint density at radius 3 is 2.38 bits per heavy atom. The topological polar surface area (TPSA) is 38.0 Å². The van der Waals surface area contributed by atoms with E-state index in [0.717, 1.165) is 5.57 Å². The number of hydrogen-bond acceptors (Lipinski definition) is 2. The van der Waals surface area contributed by atoms with Gasteiger partial charge in [-0.3, -0.25) is 11.3 Å². The molecule has 5 heteroatoms. The Morgan fingerprint density at radius 1 is 1.54 bits per heavy atom. The zero-order chi connectivity index (χ0) is 10.5. The highest BCUT2D eigenvalue weighted by molar-refractivity contribution is 4.89. The molecule has 1 unspecified atom stereocenters. The van der Waals surface area contributed by atoms with Gasteiger partial charge in [-0.25, -0.2) is 0 Å². The van der Waals surface area contributed by atoms with Crippen molar-refractivity contribution in [1.82, 2.24) is 5.43 Å². The van der Waals surface area contributed by atoms with Crippen LogP contribution in [-0.4, -0.2) is 12.2 Å². The lowest BCUT2D eigenvalue weighted by atomic mass is 10.1. The lowest BCUT2D eigenvalue weighted by Crippen LogP contribution is -2.38. The van der Waals surface area contributed by atoms with Crippen molar-refractivity contribution in [1.29, 1.82) is 0 Å². The van der Waals surface area contributed by atoms with Crippen LogP contribution in [0.5, 0.6) is 0 Å². The van der Waals surface area contributed by atoms with Crippen LogP contribution in [-0.2, 0) is 0 Å². The lowest BCUT2D eigenvalue weighted by molar-refractivity contribution is -0.140. The molecule has 3 N–H and O–H groups in total. The Labute approximate surface area is 76.0 Å². The summed E-state index contributed by atoms with van der Waals surface area (Å²) in [6, 6.07) is -0.711. The molecule has 0 rings (SSSR count). The molecular formula is C8H15F3N2. The molecule has 0 aliphatic rings. The zero-order valence-corrected chi connectivity index (χ0v) is 7.62. The summed E-state index contributed by atoms with van der Waals surface area (Å²) in [6.45, 7) is 5.39. The van der Waals surface area contributed by atoms with Crippen LogP contribution in [0.3, 0.4) is 0 Å². The van der Waals surface area contributed by atoms with Crippen LogP contribution in [0.25, 0.3) is 0 Å². The number of allylic oxidation sites excluding steroid dienone is 1. The zero-order valence-electron chi connectivity index (χ0n) is 7.62. The highest BCUT2D eigenvalue weighted by Crippen LogP contribution is 2.23. The van der Waals surface area contributed by atoms with Crippen molar-refractivity contribution in [3.05, 3.63) is 12.2 Å². The van der Waals surface area contributed by atoms with Gasteiger partial charge in [-0.2, -0.15) is 13.2 Å². The molecule has 0 aliphatic carbocycles. The van der Waals surface area contributed by atoms with E-state index in [9.17, 15) is 13.2 Å². The molecule has 2 nitrogen and oxygen atoms in total. The van der Waals surface area contributed by atoms with E-state index < -0.39 is 18.6 Å². The highest BCUT2D eigenvalue weighted by atomic mass is 19.4. The van der Waals surface area contributed by atoms with E-state index in [0.29, 0.717) is 12.8 Å². The molecule has 0 saturated heterocycles. The molecule has 0 bridgehead atoms. The Kier molecular flexibility index (Phi) is 5.02. The monoisotopic (exact) mass is 196 g/mol. The van der Waals surface area contributed by atoms with E-state index >= 15 is 0 Å². The van der Waals surface area contributed by atoms with Crippen molar-refractivity contribution in [2.24, 2.45) is 5.84 Å². The first-order chi connectivity index (χ1) is 5.85. The second-order valence-corrected chi connectivity index (χ2v) is 3.18. The number of nitrogens with two attached hydrogens (primary N) is 1. The van der Waals surface area contributed by atoms with Crippen LogP contribution in [0, 0.1) is 0 Å². The van der Waals surface area contributed by atoms with E-state index in [2.05, 4.69) is 12.0 Å². The largest absolute Gasteiger partial charge is 0.390 e. The molecule has 0 saturated carbocycles. The number of halogens is 3. The maximum Gasteiger partial charge on any atom is 0.390 e. The quantitative estimate of drug-likeness (QED) is 0.401.